The first kappa shape index (κ1) is 16.8. The van der Waals surface area contributed by atoms with Crippen molar-refractivity contribution in [3.8, 4) is 11.8 Å². The van der Waals surface area contributed by atoms with Gasteiger partial charge in [0, 0.05) is 35.7 Å². The van der Waals surface area contributed by atoms with E-state index in [1.54, 1.807) is 17.0 Å². The van der Waals surface area contributed by atoms with E-state index in [0.29, 0.717) is 19.0 Å². The Morgan fingerprint density at radius 3 is 2.64 bits per heavy atom. The van der Waals surface area contributed by atoms with E-state index in [2.05, 4.69) is 12.2 Å². The zero-order valence-electron chi connectivity index (χ0n) is 14.2. The summed E-state index contributed by atoms with van der Waals surface area (Å²) in [5.74, 6) is 0.592. The second kappa shape index (κ2) is 7.27. The summed E-state index contributed by atoms with van der Waals surface area (Å²) in [6.45, 7) is 3.57. The van der Waals surface area contributed by atoms with Gasteiger partial charge in [-0.2, -0.15) is 5.26 Å². The summed E-state index contributed by atoms with van der Waals surface area (Å²) >= 11 is 0. The highest BCUT2D eigenvalue weighted by molar-refractivity contribution is 6.00. The average molecular weight is 335 g/mol. The molecule has 1 aliphatic rings. The minimum Gasteiger partial charge on any atom is -0.507 e. The average Bonchev–Trinajstić information content (AvgIpc) is 2.63. The fraction of sp³-hybridized carbons (Fsp3) is 0.300. The summed E-state index contributed by atoms with van der Waals surface area (Å²) in [4.78, 5) is 14.3. The Kier molecular flexibility index (Phi) is 4.90. The number of likely N-dealkylation sites (tertiary alicyclic amines) is 1. The minimum atomic E-state index is -0.231. The molecule has 0 spiro atoms. The van der Waals surface area contributed by atoms with Gasteiger partial charge in [0.15, 0.2) is 0 Å². The van der Waals surface area contributed by atoms with Gasteiger partial charge in [-0.25, -0.2) is 0 Å². The first-order valence-electron chi connectivity index (χ1n) is 8.47. The number of fused-ring (bicyclic) bond motifs is 1. The van der Waals surface area contributed by atoms with Crippen molar-refractivity contribution in [3.63, 3.8) is 0 Å². The number of piperidine rings is 1. The lowest BCUT2D eigenvalue weighted by Gasteiger charge is -2.30. The van der Waals surface area contributed by atoms with Crippen LogP contribution in [0.25, 0.3) is 10.8 Å². The monoisotopic (exact) mass is 335 g/mol. The topological polar surface area (TPSA) is 76.4 Å². The molecule has 25 heavy (non-hydrogen) atoms. The van der Waals surface area contributed by atoms with E-state index in [-0.39, 0.29) is 17.2 Å². The van der Waals surface area contributed by atoms with Gasteiger partial charge in [0.25, 0.3) is 5.91 Å². The number of hydrogen-bond acceptors (Lipinski definition) is 4. The van der Waals surface area contributed by atoms with Gasteiger partial charge in [-0.15, -0.1) is 0 Å². The Labute approximate surface area is 147 Å². The van der Waals surface area contributed by atoms with Crippen LogP contribution in [0.15, 0.2) is 48.2 Å². The lowest BCUT2D eigenvalue weighted by Crippen LogP contribution is -2.38. The zero-order valence-corrected chi connectivity index (χ0v) is 14.2. The number of hydrogen-bond donors (Lipinski definition) is 2. The summed E-state index contributed by atoms with van der Waals surface area (Å²) in [7, 11) is 0. The molecular formula is C20H21N3O2. The number of phenolic OH excluding ortho intramolecular Hbond substituents is 1. The largest absolute Gasteiger partial charge is 0.507 e. The van der Waals surface area contributed by atoms with Gasteiger partial charge in [-0.1, -0.05) is 31.2 Å². The Bertz CT molecular complexity index is 859. The quantitative estimate of drug-likeness (QED) is 0.663. The third-order valence-electron chi connectivity index (χ3n) is 4.69. The molecule has 128 valence electrons. The Morgan fingerprint density at radius 1 is 1.24 bits per heavy atom. The molecule has 0 atom stereocenters. The Morgan fingerprint density at radius 2 is 1.92 bits per heavy atom. The van der Waals surface area contributed by atoms with Crippen LogP contribution >= 0.6 is 0 Å². The van der Waals surface area contributed by atoms with Crippen LogP contribution in [0.1, 0.15) is 19.8 Å². The maximum Gasteiger partial charge on any atom is 0.266 e. The van der Waals surface area contributed by atoms with Gasteiger partial charge in [0.1, 0.15) is 17.4 Å². The highest BCUT2D eigenvalue weighted by atomic mass is 16.3. The molecule has 0 saturated carbocycles. The number of carbonyl (C=O) groups is 1. The van der Waals surface area contributed by atoms with E-state index in [1.165, 1.54) is 6.20 Å². The molecule has 0 radical (unpaired) electrons. The van der Waals surface area contributed by atoms with Crippen molar-refractivity contribution in [2.24, 2.45) is 5.92 Å². The molecular weight excluding hydrogens is 314 g/mol. The lowest BCUT2D eigenvalue weighted by atomic mass is 9.99. The Hall–Kier alpha value is -3.00. The summed E-state index contributed by atoms with van der Waals surface area (Å²) < 4.78 is 0. The smallest absolute Gasteiger partial charge is 0.266 e. The van der Waals surface area contributed by atoms with Gasteiger partial charge >= 0.3 is 0 Å². The van der Waals surface area contributed by atoms with Crippen molar-refractivity contribution in [1.29, 1.82) is 5.26 Å². The number of nitrogens with zero attached hydrogens (tertiary/aromatic N) is 2. The van der Waals surface area contributed by atoms with E-state index in [9.17, 15) is 15.2 Å². The highest BCUT2D eigenvalue weighted by Crippen LogP contribution is 2.30. The molecule has 1 aliphatic heterocycles. The predicted molar refractivity (Wildman–Crippen MR) is 97.9 cm³/mol. The number of anilines is 1. The van der Waals surface area contributed by atoms with Crippen LogP contribution in [0.5, 0.6) is 5.75 Å². The molecule has 3 rings (SSSR count). The van der Waals surface area contributed by atoms with Crippen LogP contribution in [0.3, 0.4) is 0 Å². The molecule has 5 nitrogen and oxygen atoms in total. The molecule has 5 heteroatoms. The van der Waals surface area contributed by atoms with Gasteiger partial charge in [-0.3, -0.25) is 4.79 Å². The number of nitrogens with one attached hydrogen (secondary N) is 1. The van der Waals surface area contributed by atoms with E-state index < -0.39 is 0 Å². The van der Waals surface area contributed by atoms with E-state index in [1.807, 2.05) is 30.3 Å². The van der Waals surface area contributed by atoms with E-state index in [0.717, 1.165) is 29.3 Å². The van der Waals surface area contributed by atoms with Gasteiger partial charge in [-0.05, 0) is 30.9 Å². The third kappa shape index (κ3) is 3.58. The molecule has 0 aromatic heterocycles. The maximum atomic E-state index is 12.5. The van der Waals surface area contributed by atoms with Crippen molar-refractivity contribution in [3.05, 3.63) is 48.2 Å². The zero-order chi connectivity index (χ0) is 17.8. The molecule has 0 unspecified atom stereocenters. The van der Waals surface area contributed by atoms with Crippen LogP contribution in [-0.4, -0.2) is 29.0 Å². The number of aromatic hydroxyl groups is 1. The second-order valence-electron chi connectivity index (χ2n) is 6.47. The lowest BCUT2D eigenvalue weighted by molar-refractivity contribution is -0.128. The molecule has 2 aromatic rings. The van der Waals surface area contributed by atoms with Crippen LogP contribution in [0, 0.1) is 17.2 Å². The Balaban J connectivity index is 1.81. The molecule has 1 amide bonds. The van der Waals surface area contributed by atoms with Gasteiger partial charge < -0.3 is 15.3 Å². The van der Waals surface area contributed by atoms with E-state index >= 15 is 0 Å². The number of carbonyl (C=O) groups excluding carboxylic acids is 1. The number of nitriles is 1. The molecule has 1 heterocycles. The molecule has 0 aliphatic carbocycles. The fourth-order valence-electron chi connectivity index (χ4n) is 3.09. The van der Waals surface area contributed by atoms with Crippen molar-refractivity contribution >= 4 is 22.4 Å². The fourth-order valence-corrected chi connectivity index (χ4v) is 3.09. The van der Waals surface area contributed by atoms with E-state index in [4.69, 9.17) is 0 Å². The number of phenols is 1. The summed E-state index contributed by atoms with van der Waals surface area (Å²) in [6.07, 6.45) is 3.40. The van der Waals surface area contributed by atoms with Crippen LogP contribution in [0.4, 0.5) is 5.69 Å². The molecule has 2 N–H and O–H groups in total. The second-order valence-corrected chi connectivity index (χ2v) is 6.47. The standard InChI is InChI=1S/C20H21N3O2/c1-14-8-10-23(11-9-14)20(25)15(12-21)13-22-18-6-2-5-17-16(18)4-3-7-19(17)24/h2-7,13-14,22,24H,8-11H2,1H3/b15-13-. The first-order chi connectivity index (χ1) is 12.1. The van der Waals surface area contributed by atoms with Crippen LogP contribution in [0.2, 0.25) is 0 Å². The summed E-state index contributed by atoms with van der Waals surface area (Å²) in [5.41, 5.74) is 0.827. The van der Waals surface area contributed by atoms with Crippen LogP contribution in [-0.2, 0) is 4.79 Å². The number of benzene rings is 2. The van der Waals surface area contributed by atoms with Gasteiger partial charge in [0.2, 0.25) is 0 Å². The summed E-state index contributed by atoms with van der Waals surface area (Å²) in [5, 5.41) is 23.9. The number of amides is 1. The van der Waals surface area contributed by atoms with Crippen molar-refractivity contribution in [2.75, 3.05) is 18.4 Å². The normalized spacial score (nSPS) is 15.8. The highest BCUT2D eigenvalue weighted by Gasteiger charge is 2.23. The predicted octanol–water partition coefficient (Wildman–Crippen LogP) is 3.62. The van der Waals surface area contributed by atoms with Gasteiger partial charge in [0.05, 0.1) is 0 Å². The molecule has 1 fully saturated rings. The maximum absolute atomic E-state index is 12.5. The van der Waals surface area contributed by atoms with Crippen molar-refractivity contribution in [1.82, 2.24) is 4.90 Å². The third-order valence-corrected chi connectivity index (χ3v) is 4.69. The van der Waals surface area contributed by atoms with Crippen LogP contribution < -0.4 is 5.32 Å². The minimum absolute atomic E-state index is 0.0895. The first-order valence-corrected chi connectivity index (χ1v) is 8.47. The summed E-state index contributed by atoms with van der Waals surface area (Å²) in [6, 6.07) is 12.8. The number of rotatable bonds is 3. The molecule has 0 bridgehead atoms. The molecule has 2 aromatic carbocycles. The van der Waals surface area contributed by atoms with Crippen molar-refractivity contribution < 1.29 is 9.90 Å². The van der Waals surface area contributed by atoms with Crippen molar-refractivity contribution in [2.45, 2.75) is 19.8 Å². The SMILES string of the molecule is CC1CCN(C(=O)/C(C#N)=C\Nc2cccc3c(O)cccc23)CC1. The molecule has 1 saturated heterocycles.